The summed E-state index contributed by atoms with van der Waals surface area (Å²) in [5, 5.41) is 2.27. The zero-order valence-corrected chi connectivity index (χ0v) is 13.3. The second kappa shape index (κ2) is 6.08. The number of rotatable bonds is 3. The second-order valence-corrected chi connectivity index (χ2v) is 5.60. The van der Waals surface area contributed by atoms with Gasteiger partial charge >= 0.3 is 0 Å². The molecule has 4 heteroatoms. The van der Waals surface area contributed by atoms with Gasteiger partial charge in [0.15, 0.2) is 0 Å². The number of nitrogens with zero attached hydrogens (tertiary/aromatic N) is 4. The van der Waals surface area contributed by atoms with Crippen LogP contribution in [0, 0.1) is 6.92 Å². The van der Waals surface area contributed by atoms with Gasteiger partial charge in [0.25, 0.3) is 0 Å². The summed E-state index contributed by atoms with van der Waals surface area (Å²) in [5.74, 6) is 0.973. The number of pyridine rings is 1. The largest absolute Gasteiger partial charge is 0.304 e. The number of benzene rings is 2. The van der Waals surface area contributed by atoms with Crippen molar-refractivity contribution in [3.05, 3.63) is 84.7 Å². The Hall–Kier alpha value is -3.27. The van der Waals surface area contributed by atoms with Gasteiger partial charge in [0.1, 0.15) is 5.82 Å². The van der Waals surface area contributed by atoms with E-state index in [9.17, 15) is 0 Å². The van der Waals surface area contributed by atoms with E-state index in [1.54, 1.807) is 12.4 Å². The first-order chi connectivity index (χ1) is 11.8. The van der Waals surface area contributed by atoms with E-state index in [0.29, 0.717) is 0 Å². The van der Waals surface area contributed by atoms with Crippen LogP contribution >= 0.6 is 0 Å². The van der Waals surface area contributed by atoms with Gasteiger partial charge in [-0.25, -0.2) is 4.98 Å². The standard InChI is InChI=1S/C20H16N4/c1-15-22-10-11-24(15)20-6-2-16(3-7-20)13-23-19-5-4-17-8-9-21-14-18(17)12-19/h2-14H,1H3/b23-13+. The maximum atomic E-state index is 4.56. The minimum Gasteiger partial charge on any atom is -0.304 e. The molecule has 2 aromatic heterocycles. The smallest absolute Gasteiger partial charge is 0.110 e. The van der Waals surface area contributed by atoms with Crippen molar-refractivity contribution in [3.8, 4) is 5.69 Å². The van der Waals surface area contributed by atoms with Gasteiger partial charge in [0.05, 0.1) is 5.69 Å². The number of hydrogen-bond acceptors (Lipinski definition) is 3. The monoisotopic (exact) mass is 312 g/mol. The van der Waals surface area contributed by atoms with Crippen molar-refractivity contribution in [1.29, 1.82) is 0 Å². The highest BCUT2D eigenvalue weighted by Crippen LogP contribution is 2.20. The van der Waals surface area contributed by atoms with E-state index in [0.717, 1.165) is 28.1 Å². The van der Waals surface area contributed by atoms with E-state index in [2.05, 4.69) is 49.9 Å². The molecule has 2 heterocycles. The Kier molecular flexibility index (Phi) is 3.63. The van der Waals surface area contributed by atoms with E-state index in [1.165, 1.54) is 5.39 Å². The lowest BCUT2D eigenvalue weighted by Crippen LogP contribution is -1.95. The SMILES string of the molecule is Cc1nccn1-c1ccc(/C=N/c2ccc3ccncc3c2)cc1. The molecule has 0 atom stereocenters. The number of fused-ring (bicyclic) bond motifs is 1. The Morgan fingerprint density at radius 3 is 2.62 bits per heavy atom. The molecular formula is C20H16N4. The lowest BCUT2D eigenvalue weighted by Gasteiger charge is -2.04. The molecule has 0 aliphatic heterocycles. The molecule has 0 bridgehead atoms. The van der Waals surface area contributed by atoms with E-state index >= 15 is 0 Å². The van der Waals surface area contributed by atoms with Crippen molar-refractivity contribution < 1.29 is 0 Å². The Morgan fingerprint density at radius 1 is 0.958 bits per heavy atom. The molecule has 0 saturated carbocycles. The van der Waals surface area contributed by atoms with Crippen LogP contribution in [0.1, 0.15) is 11.4 Å². The van der Waals surface area contributed by atoms with Gasteiger partial charge in [-0.15, -0.1) is 0 Å². The number of aromatic nitrogens is 3. The molecule has 116 valence electrons. The third-order valence-corrected chi connectivity index (χ3v) is 3.98. The Bertz CT molecular complexity index is 1010. The number of aliphatic imine (C=N–C) groups is 1. The molecule has 0 aliphatic rings. The fourth-order valence-electron chi connectivity index (χ4n) is 2.67. The van der Waals surface area contributed by atoms with Crippen LogP contribution in [-0.4, -0.2) is 20.7 Å². The first-order valence-corrected chi connectivity index (χ1v) is 7.78. The minimum absolute atomic E-state index is 0.921. The molecule has 0 aliphatic carbocycles. The summed E-state index contributed by atoms with van der Waals surface area (Å²) in [6, 6.07) is 16.4. The van der Waals surface area contributed by atoms with E-state index in [-0.39, 0.29) is 0 Å². The summed E-state index contributed by atoms with van der Waals surface area (Å²) in [6.07, 6.45) is 9.30. The molecule has 4 aromatic rings. The lowest BCUT2D eigenvalue weighted by atomic mass is 10.1. The molecule has 0 saturated heterocycles. The van der Waals surface area contributed by atoms with Crippen LogP contribution < -0.4 is 0 Å². The van der Waals surface area contributed by atoms with Crippen LogP contribution in [-0.2, 0) is 0 Å². The fourth-order valence-corrected chi connectivity index (χ4v) is 2.67. The fraction of sp³-hybridized carbons (Fsp3) is 0.0500. The zero-order chi connectivity index (χ0) is 16.4. The molecule has 0 amide bonds. The highest BCUT2D eigenvalue weighted by atomic mass is 15.1. The van der Waals surface area contributed by atoms with Gasteiger partial charge in [-0.2, -0.15) is 0 Å². The van der Waals surface area contributed by atoms with Gasteiger partial charge in [0, 0.05) is 42.1 Å². The molecule has 24 heavy (non-hydrogen) atoms. The molecule has 2 aromatic carbocycles. The summed E-state index contributed by atoms with van der Waals surface area (Å²) in [4.78, 5) is 13.0. The molecule has 0 unspecified atom stereocenters. The number of hydrogen-bond donors (Lipinski definition) is 0. The van der Waals surface area contributed by atoms with Crippen LogP contribution in [0.5, 0.6) is 0 Å². The highest BCUT2D eigenvalue weighted by Gasteiger charge is 2.00. The summed E-state index contributed by atoms with van der Waals surface area (Å²) in [7, 11) is 0. The highest BCUT2D eigenvalue weighted by molar-refractivity contribution is 5.87. The molecule has 4 nitrogen and oxygen atoms in total. The quantitative estimate of drug-likeness (QED) is 0.523. The third kappa shape index (κ3) is 2.82. The van der Waals surface area contributed by atoms with Crippen LogP contribution in [0.2, 0.25) is 0 Å². The van der Waals surface area contributed by atoms with Gasteiger partial charge in [-0.1, -0.05) is 18.2 Å². The topological polar surface area (TPSA) is 43.1 Å². The first-order valence-electron chi connectivity index (χ1n) is 7.78. The molecular weight excluding hydrogens is 296 g/mol. The van der Waals surface area contributed by atoms with Crippen LogP contribution in [0.3, 0.4) is 0 Å². The maximum absolute atomic E-state index is 4.56. The van der Waals surface area contributed by atoms with Crippen molar-refractivity contribution in [2.24, 2.45) is 4.99 Å². The Morgan fingerprint density at radius 2 is 1.83 bits per heavy atom. The van der Waals surface area contributed by atoms with Gasteiger partial charge in [-0.3, -0.25) is 9.98 Å². The second-order valence-electron chi connectivity index (χ2n) is 5.60. The average molecular weight is 312 g/mol. The van der Waals surface area contributed by atoms with Crippen molar-refractivity contribution in [2.45, 2.75) is 6.92 Å². The Labute approximate surface area is 140 Å². The van der Waals surface area contributed by atoms with Gasteiger partial charge in [-0.05, 0) is 48.2 Å². The normalized spacial score (nSPS) is 11.4. The van der Waals surface area contributed by atoms with Gasteiger partial charge < -0.3 is 4.57 Å². The van der Waals surface area contributed by atoms with Crippen molar-refractivity contribution in [2.75, 3.05) is 0 Å². The summed E-state index contributed by atoms with van der Waals surface area (Å²) in [6.45, 7) is 1.99. The van der Waals surface area contributed by atoms with E-state index < -0.39 is 0 Å². The van der Waals surface area contributed by atoms with Gasteiger partial charge in [0.2, 0.25) is 0 Å². The molecule has 0 spiro atoms. The lowest BCUT2D eigenvalue weighted by molar-refractivity contribution is 0.975. The molecule has 4 rings (SSSR count). The van der Waals surface area contributed by atoms with Crippen molar-refractivity contribution >= 4 is 22.7 Å². The summed E-state index contributed by atoms with van der Waals surface area (Å²) >= 11 is 0. The number of imidazole rings is 1. The van der Waals surface area contributed by atoms with Crippen LogP contribution in [0.4, 0.5) is 5.69 Å². The Balaban J connectivity index is 1.57. The van der Waals surface area contributed by atoms with Crippen LogP contribution in [0.25, 0.3) is 16.5 Å². The van der Waals surface area contributed by atoms with Crippen molar-refractivity contribution in [1.82, 2.24) is 14.5 Å². The summed E-state index contributed by atoms with van der Waals surface area (Å²) < 4.78 is 2.05. The minimum atomic E-state index is 0.921. The average Bonchev–Trinajstić information content (AvgIpc) is 3.06. The van der Waals surface area contributed by atoms with Crippen molar-refractivity contribution in [3.63, 3.8) is 0 Å². The number of aryl methyl sites for hydroxylation is 1. The zero-order valence-electron chi connectivity index (χ0n) is 13.3. The van der Waals surface area contributed by atoms with E-state index in [1.807, 2.05) is 43.7 Å². The molecule has 0 radical (unpaired) electrons. The predicted molar refractivity (Wildman–Crippen MR) is 97.3 cm³/mol. The first kappa shape index (κ1) is 14.3. The molecule has 0 N–H and O–H groups in total. The van der Waals surface area contributed by atoms with Crippen LogP contribution in [0.15, 0.2) is 78.3 Å². The summed E-state index contributed by atoms with van der Waals surface area (Å²) in [5.41, 5.74) is 3.08. The molecule has 0 fully saturated rings. The van der Waals surface area contributed by atoms with E-state index in [4.69, 9.17) is 0 Å². The maximum Gasteiger partial charge on any atom is 0.110 e. The predicted octanol–water partition coefficient (Wildman–Crippen LogP) is 4.48. The third-order valence-electron chi connectivity index (χ3n) is 3.98.